The third-order valence-electron chi connectivity index (χ3n) is 3.16. The highest BCUT2D eigenvalue weighted by molar-refractivity contribution is 6.33. The Morgan fingerprint density at radius 2 is 2.05 bits per heavy atom. The molecule has 0 fully saturated rings. The van der Waals surface area contributed by atoms with Crippen molar-refractivity contribution in [3.8, 4) is 0 Å². The van der Waals surface area contributed by atoms with Crippen LogP contribution in [-0.4, -0.2) is 32.3 Å². The monoisotopic (exact) mass is 284 g/mol. The number of rotatable bonds is 7. The van der Waals surface area contributed by atoms with Crippen molar-refractivity contribution in [1.29, 1.82) is 0 Å². The van der Waals surface area contributed by atoms with Crippen LogP contribution < -0.4 is 10.6 Å². The first-order valence-electron chi connectivity index (χ1n) is 6.79. The summed E-state index contributed by atoms with van der Waals surface area (Å²) in [6.07, 6.45) is 0.847. The molecule has 0 aliphatic heterocycles. The number of likely N-dealkylation sites (N-methyl/N-ethyl adjacent to an activating group) is 1. The van der Waals surface area contributed by atoms with E-state index in [2.05, 4.69) is 30.9 Å². The van der Waals surface area contributed by atoms with Crippen LogP contribution in [0.4, 0.5) is 5.69 Å². The van der Waals surface area contributed by atoms with Gasteiger partial charge in [-0.25, -0.2) is 0 Å². The van der Waals surface area contributed by atoms with E-state index in [9.17, 15) is 0 Å². The standard InChI is InChI=1S/C15H25ClN2O/c1-5-18(12(3)10-19-4)15-7-6-13(8-11(2)17)9-14(15)16/h6-7,9,11-12H,5,8,10,17H2,1-4H3. The van der Waals surface area contributed by atoms with Gasteiger partial charge in [-0.3, -0.25) is 0 Å². The third-order valence-corrected chi connectivity index (χ3v) is 3.46. The molecule has 0 aliphatic carbocycles. The van der Waals surface area contributed by atoms with Gasteiger partial charge in [0.25, 0.3) is 0 Å². The smallest absolute Gasteiger partial charge is 0.0663 e. The van der Waals surface area contributed by atoms with Gasteiger partial charge in [-0.05, 0) is 44.9 Å². The van der Waals surface area contributed by atoms with Crippen molar-refractivity contribution < 1.29 is 4.74 Å². The van der Waals surface area contributed by atoms with E-state index in [0.29, 0.717) is 12.6 Å². The summed E-state index contributed by atoms with van der Waals surface area (Å²) in [5.41, 5.74) is 8.05. The van der Waals surface area contributed by atoms with Gasteiger partial charge in [-0.15, -0.1) is 0 Å². The first-order valence-corrected chi connectivity index (χ1v) is 7.17. The molecule has 1 rings (SSSR count). The van der Waals surface area contributed by atoms with Crippen LogP contribution in [0.5, 0.6) is 0 Å². The van der Waals surface area contributed by atoms with Gasteiger partial charge in [0, 0.05) is 25.7 Å². The van der Waals surface area contributed by atoms with Gasteiger partial charge in [-0.2, -0.15) is 0 Å². The lowest BCUT2D eigenvalue weighted by Crippen LogP contribution is -2.36. The number of benzene rings is 1. The quantitative estimate of drug-likeness (QED) is 0.836. The largest absolute Gasteiger partial charge is 0.383 e. The van der Waals surface area contributed by atoms with Gasteiger partial charge < -0.3 is 15.4 Å². The SMILES string of the molecule is CCN(c1ccc(CC(C)N)cc1Cl)C(C)COC. The summed E-state index contributed by atoms with van der Waals surface area (Å²) >= 11 is 6.41. The van der Waals surface area contributed by atoms with Crippen molar-refractivity contribution in [1.82, 2.24) is 0 Å². The molecule has 1 aromatic rings. The molecule has 0 radical (unpaired) electrons. The Morgan fingerprint density at radius 3 is 2.53 bits per heavy atom. The number of nitrogens with zero attached hydrogens (tertiary/aromatic N) is 1. The van der Waals surface area contributed by atoms with E-state index < -0.39 is 0 Å². The van der Waals surface area contributed by atoms with Gasteiger partial charge >= 0.3 is 0 Å². The normalized spacial score (nSPS) is 14.2. The molecule has 0 bridgehead atoms. The second-order valence-corrected chi connectivity index (χ2v) is 5.46. The molecule has 0 amide bonds. The van der Waals surface area contributed by atoms with Crippen LogP contribution in [0.1, 0.15) is 26.3 Å². The summed E-state index contributed by atoms with van der Waals surface area (Å²) in [6.45, 7) is 7.85. The molecule has 108 valence electrons. The summed E-state index contributed by atoms with van der Waals surface area (Å²) in [5, 5.41) is 0.781. The van der Waals surface area contributed by atoms with Crippen LogP contribution in [0, 0.1) is 0 Å². The lowest BCUT2D eigenvalue weighted by molar-refractivity contribution is 0.182. The zero-order valence-electron chi connectivity index (χ0n) is 12.3. The molecule has 1 aromatic carbocycles. The number of nitrogens with two attached hydrogens (primary N) is 1. The highest BCUT2D eigenvalue weighted by atomic mass is 35.5. The fraction of sp³-hybridized carbons (Fsp3) is 0.600. The van der Waals surface area contributed by atoms with Crippen LogP contribution in [-0.2, 0) is 11.2 Å². The van der Waals surface area contributed by atoms with E-state index in [4.69, 9.17) is 22.1 Å². The molecule has 2 atom stereocenters. The molecule has 0 heterocycles. The minimum Gasteiger partial charge on any atom is -0.383 e. The number of halogens is 1. The van der Waals surface area contributed by atoms with Crippen molar-refractivity contribution in [2.75, 3.05) is 25.2 Å². The van der Waals surface area contributed by atoms with Gasteiger partial charge in [0.2, 0.25) is 0 Å². The minimum atomic E-state index is 0.150. The maximum Gasteiger partial charge on any atom is 0.0663 e. The van der Waals surface area contributed by atoms with Crippen molar-refractivity contribution in [3.05, 3.63) is 28.8 Å². The second kappa shape index (κ2) is 7.73. The van der Waals surface area contributed by atoms with Crippen LogP contribution in [0.3, 0.4) is 0 Å². The Kier molecular flexibility index (Phi) is 6.63. The van der Waals surface area contributed by atoms with E-state index in [0.717, 1.165) is 23.7 Å². The highest BCUT2D eigenvalue weighted by Gasteiger charge is 2.15. The van der Waals surface area contributed by atoms with E-state index >= 15 is 0 Å². The number of methoxy groups -OCH3 is 1. The Hall–Kier alpha value is -0.770. The minimum absolute atomic E-state index is 0.150. The number of hydrogen-bond acceptors (Lipinski definition) is 3. The maximum atomic E-state index is 6.41. The lowest BCUT2D eigenvalue weighted by atomic mass is 10.1. The van der Waals surface area contributed by atoms with Gasteiger partial charge in [0.15, 0.2) is 0 Å². The molecule has 0 saturated heterocycles. The Bertz CT molecular complexity index is 396. The highest BCUT2D eigenvalue weighted by Crippen LogP contribution is 2.28. The van der Waals surface area contributed by atoms with Crippen LogP contribution in [0.2, 0.25) is 5.02 Å². The van der Waals surface area contributed by atoms with E-state index in [-0.39, 0.29) is 6.04 Å². The lowest BCUT2D eigenvalue weighted by Gasteiger charge is -2.30. The molecule has 0 aliphatic rings. The summed E-state index contributed by atoms with van der Waals surface area (Å²) < 4.78 is 5.22. The average Bonchev–Trinajstić information content (AvgIpc) is 2.32. The first-order chi connectivity index (χ1) is 8.99. The topological polar surface area (TPSA) is 38.5 Å². The molecule has 2 N–H and O–H groups in total. The molecule has 19 heavy (non-hydrogen) atoms. The van der Waals surface area contributed by atoms with Crippen LogP contribution in [0.25, 0.3) is 0 Å². The molecular weight excluding hydrogens is 260 g/mol. The van der Waals surface area contributed by atoms with E-state index in [1.165, 1.54) is 5.56 Å². The summed E-state index contributed by atoms with van der Waals surface area (Å²) in [4.78, 5) is 2.25. The Labute approximate surface area is 121 Å². The molecular formula is C15H25ClN2O. The Balaban J connectivity index is 2.93. The van der Waals surface area contributed by atoms with Gasteiger partial charge in [0.1, 0.15) is 0 Å². The second-order valence-electron chi connectivity index (χ2n) is 5.06. The zero-order valence-corrected chi connectivity index (χ0v) is 13.1. The summed E-state index contributed by atoms with van der Waals surface area (Å²) in [7, 11) is 1.72. The first kappa shape index (κ1) is 16.3. The summed E-state index contributed by atoms with van der Waals surface area (Å²) in [5.74, 6) is 0. The zero-order chi connectivity index (χ0) is 14.4. The third kappa shape index (κ3) is 4.68. The molecule has 2 unspecified atom stereocenters. The van der Waals surface area contributed by atoms with E-state index in [1.807, 2.05) is 13.0 Å². The molecule has 0 saturated carbocycles. The maximum absolute atomic E-state index is 6.41. The number of ether oxygens (including phenoxy) is 1. The van der Waals surface area contributed by atoms with Crippen molar-refractivity contribution in [2.24, 2.45) is 5.73 Å². The van der Waals surface area contributed by atoms with Crippen molar-refractivity contribution in [2.45, 2.75) is 39.3 Å². The van der Waals surface area contributed by atoms with Crippen molar-refractivity contribution in [3.63, 3.8) is 0 Å². The molecule has 3 nitrogen and oxygen atoms in total. The van der Waals surface area contributed by atoms with E-state index in [1.54, 1.807) is 7.11 Å². The van der Waals surface area contributed by atoms with Crippen LogP contribution >= 0.6 is 11.6 Å². The van der Waals surface area contributed by atoms with Crippen molar-refractivity contribution >= 4 is 17.3 Å². The number of hydrogen-bond donors (Lipinski definition) is 1. The summed E-state index contributed by atoms with van der Waals surface area (Å²) in [6, 6.07) is 6.65. The predicted molar refractivity (Wildman–Crippen MR) is 83.2 cm³/mol. The molecule has 4 heteroatoms. The molecule has 0 aromatic heterocycles. The number of anilines is 1. The predicted octanol–water partition coefficient (Wildman–Crippen LogP) is 3.09. The Morgan fingerprint density at radius 1 is 1.37 bits per heavy atom. The average molecular weight is 285 g/mol. The fourth-order valence-corrected chi connectivity index (χ4v) is 2.64. The molecule has 0 spiro atoms. The van der Waals surface area contributed by atoms with Gasteiger partial charge in [-0.1, -0.05) is 17.7 Å². The fourth-order valence-electron chi connectivity index (χ4n) is 2.33. The van der Waals surface area contributed by atoms with Crippen LogP contribution in [0.15, 0.2) is 18.2 Å². The van der Waals surface area contributed by atoms with Gasteiger partial charge in [0.05, 0.1) is 17.3 Å².